The molecule has 4 heteroatoms. The number of amides is 1. The highest BCUT2D eigenvalue weighted by molar-refractivity contribution is 5.94. The lowest BCUT2D eigenvalue weighted by atomic mass is 10.1. The molecule has 1 atom stereocenters. The van der Waals surface area contributed by atoms with E-state index < -0.39 is 0 Å². The van der Waals surface area contributed by atoms with Gasteiger partial charge in [0.15, 0.2) is 0 Å². The predicted octanol–water partition coefficient (Wildman–Crippen LogP) is 0.874. The highest BCUT2D eigenvalue weighted by Crippen LogP contribution is 2.11. The van der Waals surface area contributed by atoms with E-state index >= 15 is 0 Å². The van der Waals surface area contributed by atoms with Gasteiger partial charge in [0, 0.05) is 18.2 Å². The lowest BCUT2D eigenvalue weighted by molar-refractivity contribution is 0.0930. The predicted molar refractivity (Wildman–Crippen MR) is 61.5 cm³/mol. The minimum absolute atomic E-state index is 0.120. The van der Waals surface area contributed by atoms with Crippen molar-refractivity contribution in [3.63, 3.8) is 0 Å². The summed E-state index contributed by atoms with van der Waals surface area (Å²) in [6.45, 7) is 1.85. The van der Waals surface area contributed by atoms with Crippen molar-refractivity contribution in [2.24, 2.45) is 0 Å². The van der Waals surface area contributed by atoms with E-state index in [4.69, 9.17) is 0 Å². The molecule has 2 rings (SSSR count). The Hall–Kier alpha value is -1.55. The van der Waals surface area contributed by atoms with Crippen LogP contribution in [-0.2, 0) is 0 Å². The maximum absolute atomic E-state index is 11.8. The Bertz CT molecular complexity index is 373. The summed E-state index contributed by atoms with van der Waals surface area (Å²) in [6.07, 6.45) is 2.10. The molecule has 1 saturated heterocycles. The molecule has 86 valence electrons. The number of hydrogen-bond acceptors (Lipinski definition) is 3. The normalized spacial score (nSPS) is 20.4. The quantitative estimate of drug-likeness (QED) is 0.693. The van der Waals surface area contributed by atoms with Gasteiger partial charge in [-0.05, 0) is 37.6 Å². The molecule has 16 heavy (non-hydrogen) atoms. The summed E-state index contributed by atoms with van der Waals surface area (Å²) in [7, 11) is 0. The molecular weight excluding hydrogens is 204 g/mol. The average molecular weight is 220 g/mol. The molecule has 4 nitrogen and oxygen atoms in total. The highest BCUT2D eigenvalue weighted by atomic mass is 16.3. The first-order chi connectivity index (χ1) is 7.75. The Morgan fingerprint density at radius 1 is 1.50 bits per heavy atom. The molecule has 0 bridgehead atoms. The summed E-state index contributed by atoms with van der Waals surface area (Å²) in [5.41, 5.74) is 0.505. The van der Waals surface area contributed by atoms with E-state index in [1.807, 2.05) is 0 Å². The zero-order valence-electron chi connectivity index (χ0n) is 9.07. The first-order valence-electron chi connectivity index (χ1n) is 5.56. The summed E-state index contributed by atoms with van der Waals surface area (Å²) in [6, 6.07) is 6.60. The molecule has 0 aromatic heterocycles. The number of hydrogen-bond donors (Lipinski definition) is 3. The van der Waals surface area contributed by atoms with Gasteiger partial charge in [0.05, 0.1) is 0 Å². The number of phenols is 1. The number of rotatable bonds is 2. The van der Waals surface area contributed by atoms with Gasteiger partial charge in [-0.15, -0.1) is 0 Å². The monoisotopic (exact) mass is 220 g/mol. The van der Waals surface area contributed by atoms with Gasteiger partial charge < -0.3 is 15.7 Å². The van der Waals surface area contributed by atoms with Gasteiger partial charge in [0.25, 0.3) is 5.91 Å². The summed E-state index contributed by atoms with van der Waals surface area (Å²) < 4.78 is 0. The molecule has 0 spiro atoms. The zero-order chi connectivity index (χ0) is 11.4. The van der Waals surface area contributed by atoms with E-state index in [1.165, 1.54) is 6.07 Å². The zero-order valence-corrected chi connectivity index (χ0v) is 9.07. The van der Waals surface area contributed by atoms with Gasteiger partial charge in [-0.1, -0.05) is 6.07 Å². The SMILES string of the molecule is O=C(N[C@@H]1CCCNC1)c1cccc(O)c1. The van der Waals surface area contributed by atoms with E-state index in [9.17, 15) is 9.90 Å². The van der Waals surface area contributed by atoms with Crippen molar-refractivity contribution in [2.75, 3.05) is 13.1 Å². The summed E-state index contributed by atoms with van der Waals surface area (Å²) in [4.78, 5) is 11.8. The first kappa shape index (κ1) is 11.0. The van der Waals surface area contributed by atoms with Crippen LogP contribution in [0.3, 0.4) is 0 Å². The molecule has 1 fully saturated rings. The minimum atomic E-state index is -0.121. The fraction of sp³-hybridized carbons (Fsp3) is 0.417. The van der Waals surface area contributed by atoms with Gasteiger partial charge in [-0.25, -0.2) is 0 Å². The first-order valence-corrected chi connectivity index (χ1v) is 5.56. The molecule has 0 radical (unpaired) electrons. The number of aromatic hydroxyl groups is 1. The van der Waals surface area contributed by atoms with Crippen molar-refractivity contribution in [3.05, 3.63) is 29.8 Å². The Kier molecular flexibility index (Phi) is 3.41. The lowest BCUT2D eigenvalue weighted by Gasteiger charge is -2.23. The largest absolute Gasteiger partial charge is 0.508 e. The van der Waals surface area contributed by atoms with Gasteiger partial charge >= 0.3 is 0 Å². The van der Waals surface area contributed by atoms with Crippen LogP contribution in [0.15, 0.2) is 24.3 Å². The smallest absolute Gasteiger partial charge is 0.251 e. The number of carbonyl (C=O) groups is 1. The third-order valence-electron chi connectivity index (χ3n) is 2.74. The van der Waals surface area contributed by atoms with E-state index in [0.717, 1.165) is 25.9 Å². The van der Waals surface area contributed by atoms with Crippen LogP contribution in [0.5, 0.6) is 5.75 Å². The van der Waals surface area contributed by atoms with E-state index in [0.29, 0.717) is 5.56 Å². The molecule has 1 amide bonds. The molecule has 0 saturated carbocycles. The number of phenolic OH excluding ortho intramolecular Hbond substituents is 1. The molecular formula is C12H16N2O2. The van der Waals surface area contributed by atoms with E-state index in [1.54, 1.807) is 18.2 Å². The van der Waals surface area contributed by atoms with Crippen LogP contribution < -0.4 is 10.6 Å². The Morgan fingerprint density at radius 3 is 3.06 bits per heavy atom. The molecule has 0 unspecified atom stereocenters. The van der Waals surface area contributed by atoms with E-state index in [2.05, 4.69) is 10.6 Å². The summed E-state index contributed by atoms with van der Waals surface area (Å²) >= 11 is 0. The van der Waals surface area contributed by atoms with Crippen LogP contribution in [0.4, 0.5) is 0 Å². The summed E-state index contributed by atoms with van der Waals surface area (Å²) in [5.74, 6) is -0.000908. The van der Waals surface area contributed by atoms with Crippen molar-refractivity contribution in [2.45, 2.75) is 18.9 Å². The van der Waals surface area contributed by atoms with Crippen LogP contribution in [0.2, 0.25) is 0 Å². The molecule has 1 aromatic carbocycles. The number of benzene rings is 1. The van der Waals surface area contributed by atoms with Crippen molar-refractivity contribution in [1.29, 1.82) is 0 Å². The Labute approximate surface area is 94.7 Å². The third-order valence-corrected chi connectivity index (χ3v) is 2.74. The second-order valence-corrected chi connectivity index (χ2v) is 4.07. The highest BCUT2D eigenvalue weighted by Gasteiger charge is 2.16. The fourth-order valence-electron chi connectivity index (χ4n) is 1.89. The lowest BCUT2D eigenvalue weighted by Crippen LogP contribution is -2.45. The second-order valence-electron chi connectivity index (χ2n) is 4.07. The van der Waals surface area contributed by atoms with Crippen molar-refractivity contribution in [3.8, 4) is 5.75 Å². The maximum Gasteiger partial charge on any atom is 0.251 e. The van der Waals surface area contributed by atoms with Gasteiger partial charge in [-0.3, -0.25) is 4.79 Å². The molecule has 1 aromatic rings. The number of carbonyl (C=O) groups excluding carboxylic acids is 1. The molecule has 3 N–H and O–H groups in total. The Balaban J connectivity index is 1.97. The minimum Gasteiger partial charge on any atom is -0.508 e. The molecule has 1 aliphatic heterocycles. The molecule has 0 aliphatic carbocycles. The van der Waals surface area contributed by atoms with Crippen molar-refractivity contribution < 1.29 is 9.90 Å². The van der Waals surface area contributed by atoms with Crippen LogP contribution in [0.1, 0.15) is 23.2 Å². The number of nitrogens with one attached hydrogen (secondary N) is 2. The van der Waals surface area contributed by atoms with Crippen LogP contribution in [0.25, 0.3) is 0 Å². The standard InChI is InChI=1S/C12H16N2O2/c15-11-5-1-3-9(7-11)12(16)14-10-4-2-6-13-8-10/h1,3,5,7,10,13,15H,2,4,6,8H2,(H,14,16)/t10-/m1/s1. The Morgan fingerprint density at radius 2 is 2.38 bits per heavy atom. The van der Waals surface area contributed by atoms with Crippen molar-refractivity contribution in [1.82, 2.24) is 10.6 Å². The molecule has 1 aliphatic rings. The topological polar surface area (TPSA) is 61.4 Å². The number of piperidine rings is 1. The van der Waals surface area contributed by atoms with Crippen LogP contribution in [0, 0.1) is 0 Å². The van der Waals surface area contributed by atoms with E-state index in [-0.39, 0.29) is 17.7 Å². The van der Waals surface area contributed by atoms with Crippen LogP contribution >= 0.6 is 0 Å². The van der Waals surface area contributed by atoms with Crippen LogP contribution in [-0.4, -0.2) is 30.1 Å². The van der Waals surface area contributed by atoms with Gasteiger partial charge in [-0.2, -0.15) is 0 Å². The van der Waals surface area contributed by atoms with Gasteiger partial charge in [0.2, 0.25) is 0 Å². The van der Waals surface area contributed by atoms with Crippen molar-refractivity contribution >= 4 is 5.91 Å². The second kappa shape index (κ2) is 4.99. The maximum atomic E-state index is 11.8. The average Bonchev–Trinajstić information content (AvgIpc) is 2.30. The third kappa shape index (κ3) is 2.73. The molecule has 1 heterocycles. The fourth-order valence-corrected chi connectivity index (χ4v) is 1.89. The summed E-state index contributed by atoms with van der Waals surface area (Å²) in [5, 5.41) is 15.5. The van der Waals surface area contributed by atoms with Gasteiger partial charge in [0.1, 0.15) is 5.75 Å².